The molecule has 0 aromatic rings. The molecule has 0 bridgehead atoms. The van der Waals surface area contributed by atoms with E-state index < -0.39 is 8.07 Å². The SMILES string of the molecule is COC1([Si](C)(C)C2=[C-]CC=C2)CC=C(C)C=C1C(C)(C)C.[Cl-].[Cl-].[Ti+3]. The Morgan fingerprint density at radius 1 is 1.21 bits per heavy atom. The smallest absolute Gasteiger partial charge is 1.00 e. The van der Waals surface area contributed by atoms with Crippen molar-refractivity contribution in [1.82, 2.24) is 0 Å². The maximum atomic E-state index is 6.30. The fourth-order valence-corrected chi connectivity index (χ4v) is 7.49. The predicted molar refractivity (Wildman–Crippen MR) is 93.6 cm³/mol. The summed E-state index contributed by atoms with van der Waals surface area (Å²) in [5, 5.41) is 1.24. The molecule has 5 heteroatoms. The number of hydrogen-bond donors (Lipinski definition) is 0. The Hall–Kier alpha value is 0.431. The van der Waals surface area contributed by atoms with Gasteiger partial charge in [0.05, 0.1) is 13.3 Å². The third-order valence-corrected chi connectivity index (χ3v) is 9.44. The molecule has 2 aliphatic rings. The van der Waals surface area contributed by atoms with Crippen LogP contribution >= 0.6 is 0 Å². The van der Waals surface area contributed by atoms with Gasteiger partial charge in [-0.25, -0.2) is 11.3 Å². The molecule has 1 atom stereocenters. The number of hydrogen-bond acceptors (Lipinski definition) is 1. The Bertz CT molecular complexity index is 556. The van der Waals surface area contributed by atoms with E-state index in [0.29, 0.717) is 0 Å². The van der Waals surface area contributed by atoms with Crippen LogP contribution in [0.1, 0.15) is 40.5 Å². The largest absolute Gasteiger partial charge is 3.00 e. The maximum absolute atomic E-state index is 6.30. The van der Waals surface area contributed by atoms with E-state index in [2.05, 4.69) is 71.2 Å². The summed E-state index contributed by atoms with van der Waals surface area (Å²) >= 11 is 0. The molecule has 0 saturated heterocycles. The number of rotatable bonds is 3. The van der Waals surface area contributed by atoms with Gasteiger partial charge in [0.25, 0.3) is 0 Å². The van der Waals surface area contributed by atoms with Crippen LogP contribution < -0.4 is 24.8 Å². The van der Waals surface area contributed by atoms with E-state index in [-0.39, 0.29) is 57.2 Å². The van der Waals surface area contributed by atoms with Crippen molar-refractivity contribution >= 4 is 8.07 Å². The minimum absolute atomic E-state index is 0. The summed E-state index contributed by atoms with van der Waals surface area (Å²) in [4.78, 5) is 0. The van der Waals surface area contributed by atoms with Crippen LogP contribution in [-0.4, -0.2) is 20.4 Å². The van der Waals surface area contributed by atoms with Gasteiger partial charge in [0, 0.05) is 7.11 Å². The van der Waals surface area contributed by atoms with Crippen LogP contribution in [0.4, 0.5) is 0 Å². The van der Waals surface area contributed by atoms with Crippen LogP contribution in [0, 0.1) is 11.5 Å². The predicted octanol–water partition coefficient (Wildman–Crippen LogP) is -0.824. The first-order chi connectivity index (χ1) is 9.65. The fourth-order valence-electron chi connectivity index (χ4n) is 3.73. The van der Waals surface area contributed by atoms with E-state index in [1.807, 2.05) is 7.11 Å². The second-order valence-corrected chi connectivity index (χ2v) is 12.4. The average Bonchev–Trinajstić information content (AvgIpc) is 2.92. The molecule has 0 aromatic carbocycles. The Morgan fingerprint density at radius 2 is 1.79 bits per heavy atom. The number of halogens is 2. The van der Waals surface area contributed by atoms with Crippen molar-refractivity contribution in [1.29, 1.82) is 0 Å². The van der Waals surface area contributed by atoms with E-state index in [4.69, 9.17) is 4.74 Å². The minimum Gasteiger partial charge on any atom is -1.00 e. The molecule has 0 saturated carbocycles. The number of methoxy groups -OCH3 is 1. The van der Waals surface area contributed by atoms with Gasteiger partial charge in [-0.3, -0.25) is 6.08 Å². The zero-order valence-corrected chi connectivity index (χ0v) is 20.0. The summed E-state index contributed by atoms with van der Waals surface area (Å²) in [6.07, 6.45) is 14.7. The van der Waals surface area contributed by atoms with Gasteiger partial charge in [-0.1, -0.05) is 51.6 Å². The molecule has 0 aliphatic heterocycles. The Balaban J connectivity index is 0. The van der Waals surface area contributed by atoms with Gasteiger partial charge in [-0.15, -0.1) is 6.42 Å². The van der Waals surface area contributed by atoms with Crippen LogP contribution in [0.25, 0.3) is 0 Å². The Kier molecular flexibility index (Phi) is 10.4. The normalized spacial score (nSPS) is 23.2. The summed E-state index contributed by atoms with van der Waals surface area (Å²) in [6, 6.07) is 0. The van der Waals surface area contributed by atoms with E-state index >= 15 is 0 Å². The third kappa shape index (κ3) is 4.58. The second kappa shape index (κ2) is 9.39. The van der Waals surface area contributed by atoms with Gasteiger partial charge >= 0.3 is 21.7 Å². The van der Waals surface area contributed by atoms with Crippen molar-refractivity contribution in [3.63, 3.8) is 0 Å². The second-order valence-electron chi connectivity index (χ2n) is 7.81. The van der Waals surface area contributed by atoms with Gasteiger partial charge < -0.3 is 29.6 Å². The van der Waals surface area contributed by atoms with Crippen LogP contribution in [0.15, 0.2) is 40.6 Å². The molecule has 1 radical (unpaired) electrons. The first kappa shape index (κ1) is 26.7. The molecule has 24 heavy (non-hydrogen) atoms. The third-order valence-electron chi connectivity index (χ3n) is 5.05. The number of allylic oxidation sites excluding steroid dienone is 6. The molecule has 0 N–H and O–H groups in total. The molecule has 0 heterocycles. The summed E-state index contributed by atoms with van der Waals surface area (Å²) < 4.78 is 6.30. The summed E-state index contributed by atoms with van der Waals surface area (Å²) in [6.45, 7) is 14.0. The molecule has 0 fully saturated rings. The molecule has 1 unspecified atom stereocenters. The van der Waals surface area contributed by atoms with Crippen LogP contribution in [0.3, 0.4) is 0 Å². The molecule has 1 nitrogen and oxygen atoms in total. The Morgan fingerprint density at radius 3 is 2.21 bits per heavy atom. The fraction of sp³-hybridized carbons (Fsp3) is 0.579. The summed E-state index contributed by atoms with van der Waals surface area (Å²) in [7, 11) is 0.0524. The molecule has 2 rings (SSSR count). The van der Waals surface area contributed by atoms with Gasteiger partial charge in [0.15, 0.2) is 0 Å². The molecular weight excluding hydrogens is 391 g/mol. The van der Waals surface area contributed by atoms with Gasteiger partial charge in [-0.2, -0.15) is 6.08 Å². The van der Waals surface area contributed by atoms with Gasteiger partial charge in [-0.05, 0) is 24.3 Å². The van der Waals surface area contributed by atoms with E-state index in [0.717, 1.165) is 12.8 Å². The van der Waals surface area contributed by atoms with Crippen LogP contribution in [0.5, 0.6) is 0 Å². The van der Waals surface area contributed by atoms with Crippen molar-refractivity contribution in [2.24, 2.45) is 5.41 Å². The average molecular weight is 420 g/mol. The van der Waals surface area contributed by atoms with Gasteiger partial charge in [0.1, 0.15) is 0 Å². The minimum atomic E-state index is -1.84. The monoisotopic (exact) mass is 419 g/mol. The summed E-state index contributed by atoms with van der Waals surface area (Å²) in [5.41, 5.74) is 2.92. The van der Waals surface area contributed by atoms with E-state index in [1.54, 1.807) is 0 Å². The molecule has 0 aromatic heterocycles. The van der Waals surface area contributed by atoms with Crippen molar-refractivity contribution in [3.8, 4) is 0 Å². The van der Waals surface area contributed by atoms with Crippen molar-refractivity contribution < 1.29 is 51.3 Å². The quantitative estimate of drug-likeness (QED) is 0.428. The summed E-state index contributed by atoms with van der Waals surface area (Å²) in [5.74, 6) is 0. The standard InChI is InChI=1S/C19H29OSi.2ClH.Ti/c1-15-12-13-19(20-5,17(14-15)18(2,3)4)21(6,7)16-10-8-9-11-16;;;/h8,10,12,14H,9,13H2,1-7H3;2*1H;/q-1;;;+3/p-2. The molecule has 133 valence electrons. The molecule has 2 aliphatic carbocycles. The van der Waals surface area contributed by atoms with E-state index in [1.165, 1.54) is 16.3 Å². The zero-order valence-electron chi connectivity index (χ0n) is 15.9. The topological polar surface area (TPSA) is 9.23 Å². The first-order valence-electron chi connectivity index (χ1n) is 7.87. The zero-order chi connectivity index (χ0) is 15.9. The molecular formula is C19H29Cl2OSiTi. The van der Waals surface area contributed by atoms with Crippen molar-refractivity contribution in [2.75, 3.05) is 7.11 Å². The van der Waals surface area contributed by atoms with E-state index in [9.17, 15) is 0 Å². The van der Waals surface area contributed by atoms with Gasteiger partial charge in [0.2, 0.25) is 0 Å². The Labute approximate surface area is 176 Å². The molecule has 0 spiro atoms. The number of ether oxygens (including phenoxy) is 1. The van der Waals surface area contributed by atoms with Crippen molar-refractivity contribution in [3.05, 3.63) is 46.7 Å². The van der Waals surface area contributed by atoms with Crippen molar-refractivity contribution in [2.45, 2.75) is 58.9 Å². The van der Waals surface area contributed by atoms with Crippen LogP contribution in [0.2, 0.25) is 13.1 Å². The molecule has 0 amide bonds. The van der Waals surface area contributed by atoms with Crippen LogP contribution in [-0.2, 0) is 26.5 Å². The maximum Gasteiger partial charge on any atom is 3.00 e. The first-order valence-corrected chi connectivity index (χ1v) is 10.9.